The van der Waals surface area contributed by atoms with Crippen LogP contribution in [0.2, 0.25) is 5.02 Å². The van der Waals surface area contributed by atoms with Crippen molar-refractivity contribution in [2.24, 2.45) is 17.3 Å². The summed E-state index contributed by atoms with van der Waals surface area (Å²) >= 11 is 6.51. The van der Waals surface area contributed by atoms with Gasteiger partial charge in [-0.2, -0.15) is 5.10 Å². The molecule has 0 aliphatic heterocycles. The molecule has 28 heavy (non-hydrogen) atoms. The number of nitrogens with one attached hydrogen (secondary N) is 1. The Hall–Kier alpha value is -1.56. The Morgan fingerprint density at radius 3 is 2.57 bits per heavy atom. The lowest BCUT2D eigenvalue weighted by Gasteiger charge is -2.61. The van der Waals surface area contributed by atoms with E-state index in [0.29, 0.717) is 23.6 Å². The van der Waals surface area contributed by atoms with Crippen LogP contribution in [0.25, 0.3) is 0 Å². The fourth-order valence-corrected chi connectivity index (χ4v) is 7.52. The molecule has 0 amide bonds. The lowest BCUT2D eigenvalue weighted by molar-refractivity contribution is -0.151. The molecule has 6 nitrogen and oxygen atoms in total. The number of halogens is 1. The number of nitrogens with zero attached hydrogens (tertiary/aromatic N) is 2. The zero-order chi connectivity index (χ0) is 19.5. The summed E-state index contributed by atoms with van der Waals surface area (Å²) in [6.07, 6.45) is 12.2. The third-order valence-electron chi connectivity index (χ3n) is 7.76. The quantitative estimate of drug-likeness (QED) is 0.772. The molecule has 152 valence electrons. The lowest BCUT2D eigenvalue weighted by Crippen LogP contribution is -2.59. The van der Waals surface area contributed by atoms with Gasteiger partial charge in [-0.1, -0.05) is 24.4 Å². The van der Waals surface area contributed by atoms with Gasteiger partial charge in [0.05, 0.1) is 23.8 Å². The number of anilines is 1. The minimum Gasteiger partial charge on any atom is -0.481 e. The van der Waals surface area contributed by atoms with Crippen molar-refractivity contribution < 1.29 is 9.90 Å². The molecule has 1 heterocycles. The van der Waals surface area contributed by atoms with Crippen molar-refractivity contribution in [2.75, 3.05) is 5.32 Å². The number of hydrogen-bond donors (Lipinski definition) is 2. The predicted octanol–water partition coefficient (Wildman–Crippen LogP) is 4.02. The second kappa shape index (κ2) is 6.48. The molecule has 6 rings (SSSR count). The number of carboxylic acid groups (broad SMARTS) is 1. The van der Waals surface area contributed by atoms with Gasteiger partial charge in [0.2, 0.25) is 0 Å². The molecule has 0 radical (unpaired) electrons. The fourth-order valence-electron chi connectivity index (χ4n) is 7.34. The summed E-state index contributed by atoms with van der Waals surface area (Å²) in [4.78, 5) is 24.8. The maximum absolute atomic E-state index is 13.2. The third kappa shape index (κ3) is 2.95. The smallest absolute Gasteiger partial charge is 0.303 e. The first kappa shape index (κ1) is 18.5. The van der Waals surface area contributed by atoms with Gasteiger partial charge in [-0.3, -0.25) is 9.59 Å². The molecule has 5 saturated carbocycles. The summed E-state index contributed by atoms with van der Waals surface area (Å²) in [5.74, 6) is 0.250. The molecule has 1 aromatic rings. The Balaban J connectivity index is 1.49. The molecule has 0 saturated heterocycles. The van der Waals surface area contributed by atoms with Crippen molar-refractivity contribution in [3.63, 3.8) is 0 Å². The molecule has 2 unspecified atom stereocenters. The second-order valence-electron chi connectivity index (χ2n) is 9.97. The zero-order valence-electron chi connectivity index (χ0n) is 16.1. The molecule has 0 spiro atoms. The van der Waals surface area contributed by atoms with Gasteiger partial charge in [0, 0.05) is 6.04 Å². The highest BCUT2D eigenvalue weighted by atomic mass is 35.5. The molecule has 1 aromatic heterocycles. The van der Waals surface area contributed by atoms with Crippen molar-refractivity contribution in [3.8, 4) is 0 Å². The van der Waals surface area contributed by atoms with E-state index in [0.717, 1.165) is 51.4 Å². The van der Waals surface area contributed by atoms with Gasteiger partial charge in [-0.05, 0) is 68.6 Å². The van der Waals surface area contributed by atoms with Crippen LogP contribution in [-0.2, 0) is 10.3 Å². The van der Waals surface area contributed by atoms with E-state index < -0.39 is 5.97 Å². The van der Waals surface area contributed by atoms with E-state index in [-0.39, 0.29) is 28.0 Å². The van der Waals surface area contributed by atoms with Gasteiger partial charge in [-0.25, -0.2) is 4.68 Å². The van der Waals surface area contributed by atoms with Gasteiger partial charge >= 0.3 is 5.97 Å². The van der Waals surface area contributed by atoms with Gasteiger partial charge in [0.25, 0.3) is 5.56 Å². The first-order valence-corrected chi connectivity index (χ1v) is 11.0. The molecule has 5 fully saturated rings. The predicted molar refractivity (Wildman–Crippen MR) is 107 cm³/mol. The van der Waals surface area contributed by atoms with Crippen molar-refractivity contribution >= 4 is 23.3 Å². The van der Waals surface area contributed by atoms with Crippen LogP contribution in [-0.4, -0.2) is 26.9 Å². The summed E-state index contributed by atoms with van der Waals surface area (Å²) in [5.41, 5.74) is -0.145. The normalized spacial score (nSPS) is 36.8. The molecule has 4 atom stereocenters. The number of aromatic nitrogens is 2. The largest absolute Gasteiger partial charge is 0.481 e. The Morgan fingerprint density at radius 2 is 1.93 bits per heavy atom. The summed E-state index contributed by atoms with van der Waals surface area (Å²) < 4.78 is 1.63. The van der Waals surface area contributed by atoms with E-state index >= 15 is 0 Å². The fraction of sp³-hybridized carbons (Fsp3) is 0.762. The number of hydrogen-bond acceptors (Lipinski definition) is 4. The van der Waals surface area contributed by atoms with E-state index in [2.05, 4.69) is 10.4 Å². The Bertz CT molecular complexity index is 847. The molecule has 7 heteroatoms. The molecule has 2 N–H and O–H groups in total. The topological polar surface area (TPSA) is 84.2 Å². The second-order valence-corrected chi connectivity index (χ2v) is 10.3. The highest BCUT2D eigenvalue weighted by molar-refractivity contribution is 6.32. The Morgan fingerprint density at radius 1 is 1.25 bits per heavy atom. The van der Waals surface area contributed by atoms with Gasteiger partial charge in [-0.15, -0.1) is 0 Å². The average Bonchev–Trinajstić information content (AvgIpc) is 3.09. The monoisotopic (exact) mass is 405 g/mol. The number of carboxylic acids is 1. The van der Waals surface area contributed by atoms with E-state index in [4.69, 9.17) is 11.6 Å². The van der Waals surface area contributed by atoms with E-state index in [1.54, 1.807) is 10.9 Å². The first-order chi connectivity index (χ1) is 13.4. The van der Waals surface area contributed by atoms with Crippen LogP contribution in [0.1, 0.15) is 70.6 Å². The standard InChI is InChI=1S/C21H28ClN3O3/c22-18-16(24-15-3-1-2-4-15)11-23-25(19(18)28)21-8-13-5-14(9-21)7-20(6-13,12-21)10-17(26)27/h11,13-15,24H,1-10,12H2,(H,26,27)/t13-,14+,20?,21?. The van der Waals surface area contributed by atoms with Crippen LogP contribution in [0.5, 0.6) is 0 Å². The van der Waals surface area contributed by atoms with E-state index in [1.807, 2.05) is 0 Å². The summed E-state index contributed by atoms with van der Waals surface area (Å²) in [7, 11) is 0. The molecular formula is C21H28ClN3O3. The van der Waals surface area contributed by atoms with Crippen LogP contribution < -0.4 is 10.9 Å². The van der Waals surface area contributed by atoms with Crippen molar-refractivity contribution in [2.45, 2.75) is 82.2 Å². The maximum atomic E-state index is 13.2. The molecular weight excluding hydrogens is 378 g/mol. The molecule has 5 aliphatic carbocycles. The molecule has 4 bridgehead atoms. The minimum absolute atomic E-state index is 0.190. The lowest BCUT2D eigenvalue weighted by atomic mass is 9.46. The van der Waals surface area contributed by atoms with Crippen LogP contribution in [0, 0.1) is 17.3 Å². The van der Waals surface area contributed by atoms with E-state index in [9.17, 15) is 14.7 Å². The highest BCUT2D eigenvalue weighted by Crippen LogP contribution is 2.65. The van der Waals surface area contributed by atoms with Gasteiger partial charge < -0.3 is 10.4 Å². The SMILES string of the molecule is O=C(O)CC12C[C@H]3C[C@@H](C1)CC(n1ncc(NC4CCCC4)c(Cl)c1=O)(C3)C2. The van der Waals surface area contributed by atoms with Crippen LogP contribution >= 0.6 is 11.6 Å². The summed E-state index contributed by atoms with van der Waals surface area (Å²) in [6, 6.07) is 0.368. The van der Waals surface area contributed by atoms with Gasteiger partial charge in [0.1, 0.15) is 5.02 Å². The Labute approximate surface area is 169 Å². The first-order valence-electron chi connectivity index (χ1n) is 10.6. The van der Waals surface area contributed by atoms with Crippen molar-refractivity contribution in [1.29, 1.82) is 0 Å². The number of rotatable bonds is 5. The maximum Gasteiger partial charge on any atom is 0.303 e. The summed E-state index contributed by atoms with van der Waals surface area (Å²) in [6.45, 7) is 0. The number of carbonyl (C=O) groups is 1. The molecule has 5 aliphatic rings. The Kier molecular flexibility index (Phi) is 4.27. The zero-order valence-corrected chi connectivity index (χ0v) is 16.9. The minimum atomic E-state index is -0.730. The van der Waals surface area contributed by atoms with Gasteiger partial charge in [0.15, 0.2) is 0 Å². The number of aliphatic carboxylic acids is 1. The molecule has 0 aromatic carbocycles. The van der Waals surface area contributed by atoms with Crippen molar-refractivity contribution in [1.82, 2.24) is 9.78 Å². The summed E-state index contributed by atoms with van der Waals surface area (Å²) in [5, 5.41) is 17.7. The highest BCUT2D eigenvalue weighted by Gasteiger charge is 2.59. The third-order valence-corrected chi connectivity index (χ3v) is 8.13. The van der Waals surface area contributed by atoms with Crippen LogP contribution in [0.4, 0.5) is 5.69 Å². The van der Waals surface area contributed by atoms with Crippen LogP contribution in [0.15, 0.2) is 11.0 Å². The average molecular weight is 406 g/mol. The van der Waals surface area contributed by atoms with E-state index in [1.165, 1.54) is 12.8 Å². The van der Waals surface area contributed by atoms with Crippen LogP contribution in [0.3, 0.4) is 0 Å². The van der Waals surface area contributed by atoms with Crippen molar-refractivity contribution in [3.05, 3.63) is 21.6 Å².